The van der Waals surface area contributed by atoms with Crippen LogP contribution in [-0.4, -0.2) is 46.9 Å². The van der Waals surface area contributed by atoms with Crippen molar-refractivity contribution >= 4 is 23.9 Å². The van der Waals surface area contributed by atoms with Gasteiger partial charge in [0.2, 0.25) is 0 Å². The summed E-state index contributed by atoms with van der Waals surface area (Å²) in [6.07, 6.45) is 1.56. The average Bonchev–Trinajstić information content (AvgIpc) is 3.38. The van der Waals surface area contributed by atoms with E-state index in [0.29, 0.717) is 29.8 Å². The number of hydrazone groups is 1. The lowest BCUT2D eigenvalue weighted by atomic mass is 10.2. The average molecular weight is 532 g/mol. The van der Waals surface area contributed by atoms with Crippen LogP contribution in [0.5, 0.6) is 17.2 Å². The van der Waals surface area contributed by atoms with Gasteiger partial charge in [-0.25, -0.2) is 5.43 Å². The van der Waals surface area contributed by atoms with Crippen molar-refractivity contribution < 1.29 is 19.0 Å². The Hall–Kier alpha value is -4.31. The van der Waals surface area contributed by atoms with Gasteiger partial charge < -0.3 is 18.8 Å². The molecule has 0 radical (unpaired) electrons. The lowest BCUT2D eigenvalue weighted by Crippen LogP contribution is -2.20. The van der Waals surface area contributed by atoms with Crippen molar-refractivity contribution in [2.24, 2.45) is 5.10 Å². The zero-order chi connectivity index (χ0) is 26.7. The van der Waals surface area contributed by atoms with Crippen molar-refractivity contribution in [1.82, 2.24) is 20.2 Å². The number of carbonyl (C=O) groups is 1. The maximum atomic E-state index is 12.4. The van der Waals surface area contributed by atoms with E-state index in [1.165, 1.54) is 11.8 Å². The summed E-state index contributed by atoms with van der Waals surface area (Å²) in [5, 5.41) is 13.3. The van der Waals surface area contributed by atoms with Crippen LogP contribution in [0, 0.1) is 0 Å². The first-order valence-electron chi connectivity index (χ1n) is 12.0. The SMILES string of the molecule is CCn1c(SCC(=O)NN=Cc2ccc(OC)c(OCc3ccccc3)c2)nnc1-c1ccc(OC)cc1. The first-order valence-corrected chi connectivity index (χ1v) is 13.0. The van der Waals surface area contributed by atoms with E-state index >= 15 is 0 Å². The summed E-state index contributed by atoms with van der Waals surface area (Å²) in [4.78, 5) is 12.4. The van der Waals surface area contributed by atoms with Crippen LogP contribution >= 0.6 is 11.8 Å². The number of nitrogens with zero attached hydrogens (tertiary/aromatic N) is 4. The molecule has 0 aliphatic rings. The molecule has 196 valence electrons. The molecular weight excluding hydrogens is 502 g/mol. The molecule has 1 aromatic heterocycles. The maximum Gasteiger partial charge on any atom is 0.250 e. The molecule has 0 aliphatic carbocycles. The van der Waals surface area contributed by atoms with Crippen molar-refractivity contribution in [3.8, 4) is 28.6 Å². The lowest BCUT2D eigenvalue weighted by Gasteiger charge is -2.11. The van der Waals surface area contributed by atoms with Gasteiger partial charge in [-0.2, -0.15) is 5.10 Å². The molecule has 10 heteroatoms. The molecule has 0 spiro atoms. The zero-order valence-corrected chi connectivity index (χ0v) is 22.3. The molecule has 38 heavy (non-hydrogen) atoms. The van der Waals surface area contributed by atoms with Crippen molar-refractivity contribution in [3.63, 3.8) is 0 Å². The van der Waals surface area contributed by atoms with E-state index in [1.54, 1.807) is 26.5 Å². The van der Waals surface area contributed by atoms with Crippen LogP contribution in [0.25, 0.3) is 11.4 Å². The van der Waals surface area contributed by atoms with E-state index in [4.69, 9.17) is 14.2 Å². The molecule has 0 aliphatic heterocycles. The van der Waals surface area contributed by atoms with Crippen molar-refractivity contribution in [2.45, 2.75) is 25.2 Å². The molecule has 0 bridgehead atoms. The minimum atomic E-state index is -0.253. The largest absolute Gasteiger partial charge is 0.497 e. The number of rotatable bonds is 12. The van der Waals surface area contributed by atoms with E-state index < -0.39 is 0 Å². The molecule has 4 aromatic rings. The third-order valence-corrected chi connectivity index (χ3v) is 6.51. The Balaban J connectivity index is 1.33. The molecule has 0 atom stereocenters. The topological polar surface area (TPSA) is 99.9 Å². The number of carbonyl (C=O) groups excluding carboxylic acids is 1. The van der Waals surface area contributed by atoms with Gasteiger partial charge in [-0.3, -0.25) is 4.79 Å². The highest BCUT2D eigenvalue weighted by molar-refractivity contribution is 7.99. The molecule has 1 heterocycles. The van der Waals surface area contributed by atoms with E-state index in [0.717, 1.165) is 28.3 Å². The van der Waals surface area contributed by atoms with Crippen molar-refractivity contribution in [3.05, 3.63) is 83.9 Å². The van der Waals surface area contributed by atoms with Crippen LogP contribution in [0.4, 0.5) is 0 Å². The summed E-state index contributed by atoms with van der Waals surface area (Å²) in [6.45, 7) is 3.09. The Morgan fingerprint density at radius 1 is 1.00 bits per heavy atom. The molecule has 3 aromatic carbocycles. The fourth-order valence-electron chi connectivity index (χ4n) is 3.60. The number of amides is 1. The quantitative estimate of drug-likeness (QED) is 0.159. The van der Waals surface area contributed by atoms with E-state index in [1.807, 2.05) is 78.2 Å². The van der Waals surface area contributed by atoms with Gasteiger partial charge >= 0.3 is 0 Å². The number of thioether (sulfide) groups is 1. The zero-order valence-electron chi connectivity index (χ0n) is 21.5. The fraction of sp³-hybridized carbons (Fsp3) is 0.214. The van der Waals surface area contributed by atoms with Gasteiger partial charge in [-0.1, -0.05) is 42.1 Å². The van der Waals surface area contributed by atoms with Crippen LogP contribution in [0.3, 0.4) is 0 Å². The number of aromatic nitrogens is 3. The summed E-state index contributed by atoms with van der Waals surface area (Å²) in [7, 11) is 3.22. The van der Waals surface area contributed by atoms with Crippen molar-refractivity contribution in [1.29, 1.82) is 0 Å². The Labute approximate surface area is 225 Å². The highest BCUT2D eigenvalue weighted by Gasteiger charge is 2.14. The molecule has 0 unspecified atom stereocenters. The number of benzene rings is 3. The molecular formula is C28H29N5O4S. The van der Waals surface area contributed by atoms with Crippen LogP contribution in [-0.2, 0) is 17.9 Å². The maximum absolute atomic E-state index is 12.4. The van der Waals surface area contributed by atoms with E-state index in [2.05, 4.69) is 20.7 Å². The fourth-order valence-corrected chi connectivity index (χ4v) is 4.39. The monoisotopic (exact) mass is 531 g/mol. The predicted molar refractivity (Wildman–Crippen MR) is 148 cm³/mol. The van der Waals surface area contributed by atoms with Crippen molar-refractivity contribution in [2.75, 3.05) is 20.0 Å². The second-order valence-electron chi connectivity index (χ2n) is 8.05. The van der Waals surface area contributed by atoms with Crippen LogP contribution in [0.1, 0.15) is 18.1 Å². The summed E-state index contributed by atoms with van der Waals surface area (Å²) in [5.74, 6) is 2.61. The van der Waals surface area contributed by atoms with Crippen LogP contribution < -0.4 is 19.6 Å². The normalized spacial score (nSPS) is 10.9. The number of methoxy groups -OCH3 is 2. The summed E-state index contributed by atoms with van der Waals surface area (Å²) in [6, 6.07) is 23.0. The Morgan fingerprint density at radius 3 is 2.50 bits per heavy atom. The van der Waals surface area contributed by atoms with Gasteiger partial charge in [-0.15, -0.1) is 10.2 Å². The van der Waals surface area contributed by atoms with Gasteiger partial charge in [0.15, 0.2) is 22.5 Å². The molecule has 0 fully saturated rings. The third kappa shape index (κ3) is 6.92. The highest BCUT2D eigenvalue weighted by atomic mass is 32.2. The standard InChI is InChI=1S/C28H29N5O4S/c1-4-33-27(22-11-13-23(35-2)14-12-22)31-32-28(33)38-19-26(34)30-29-17-21-10-15-24(36-3)25(16-21)37-18-20-8-6-5-7-9-20/h5-17H,4,18-19H2,1-3H3,(H,30,34). The second-order valence-corrected chi connectivity index (χ2v) is 8.99. The van der Waals surface area contributed by atoms with Crippen LogP contribution in [0.15, 0.2) is 83.1 Å². The summed E-state index contributed by atoms with van der Waals surface area (Å²) in [5.41, 5.74) is 5.30. The second kappa shape index (κ2) is 13.3. The summed E-state index contributed by atoms with van der Waals surface area (Å²) >= 11 is 1.30. The first kappa shape index (κ1) is 26.7. The molecule has 4 rings (SSSR count). The lowest BCUT2D eigenvalue weighted by molar-refractivity contribution is -0.118. The van der Waals surface area contributed by atoms with Gasteiger partial charge in [-0.05, 0) is 60.5 Å². The number of hydrogen-bond acceptors (Lipinski definition) is 8. The van der Waals surface area contributed by atoms with E-state index in [-0.39, 0.29) is 11.7 Å². The van der Waals surface area contributed by atoms with Gasteiger partial charge in [0, 0.05) is 12.1 Å². The summed E-state index contributed by atoms with van der Waals surface area (Å²) < 4.78 is 18.5. The minimum absolute atomic E-state index is 0.145. The van der Waals surface area contributed by atoms with Gasteiger partial charge in [0.25, 0.3) is 5.91 Å². The van der Waals surface area contributed by atoms with E-state index in [9.17, 15) is 4.79 Å². The molecule has 1 amide bonds. The molecule has 0 saturated heterocycles. The smallest absolute Gasteiger partial charge is 0.250 e. The Morgan fingerprint density at radius 2 is 1.79 bits per heavy atom. The molecule has 1 N–H and O–H groups in total. The molecule has 9 nitrogen and oxygen atoms in total. The predicted octanol–water partition coefficient (Wildman–Crippen LogP) is 4.80. The minimum Gasteiger partial charge on any atom is -0.497 e. The number of ether oxygens (including phenoxy) is 3. The highest BCUT2D eigenvalue weighted by Crippen LogP contribution is 2.28. The first-order chi connectivity index (χ1) is 18.6. The number of nitrogens with one attached hydrogen (secondary N) is 1. The van der Waals surface area contributed by atoms with Gasteiger partial charge in [0.05, 0.1) is 26.2 Å². The molecule has 0 saturated carbocycles. The van der Waals surface area contributed by atoms with Crippen LogP contribution in [0.2, 0.25) is 0 Å². The van der Waals surface area contributed by atoms with Gasteiger partial charge in [0.1, 0.15) is 12.4 Å². The Bertz CT molecular complexity index is 1370. The Kier molecular flexibility index (Phi) is 9.36. The third-order valence-electron chi connectivity index (χ3n) is 5.54. The number of hydrogen-bond donors (Lipinski definition) is 1.